The highest BCUT2D eigenvalue weighted by Crippen LogP contribution is 2.41. The van der Waals surface area contributed by atoms with E-state index >= 15 is 0 Å². The molecule has 0 bridgehead atoms. The topological polar surface area (TPSA) is 58.2 Å². The van der Waals surface area contributed by atoms with Gasteiger partial charge in [0.15, 0.2) is 0 Å². The lowest BCUT2D eigenvalue weighted by molar-refractivity contribution is -0.140. The van der Waals surface area contributed by atoms with Crippen LogP contribution in [0.15, 0.2) is 36.4 Å². The Balaban J connectivity index is 1.76. The number of allylic oxidation sites excluding steroid dienone is 1. The molecule has 1 atom stereocenters. The predicted molar refractivity (Wildman–Crippen MR) is 129 cm³/mol. The van der Waals surface area contributed by atoms with E-state index in [0.29, 0.717) is 0 Å². The number of alkyl halides is 6. The zero-order valence-electron chi connectivity index (χ0n) is 18.3. The number of carbonyl (C=O) groups is 2. The molecule has 1 unspecified atom stereocenters. The first-order chi connectivity index (χ1) is 17.0. The van der Waals surface area contributed by atoms with E-state index < -0.39 is 42.2 Å². The molecule has 2 N–H and O–H groups in total. The second kappa shape index (κ2) is 10.9. The Kier molecular flexibility index (Phi) is 8.68. The van der Waals surface area contributed by atoms with E-state index in [2.05, 4.69) is 5.32 Å². The fourth-order valence-corrected chi connectivity index (χ4v) is 4.25. The van der Waals surface area contributed by atoms with E-state index in [1.54, 1.807) is 5.32 Å². The average Bonchev–Trinajstić information content (AvgIpc) is 3.55. The van der Waals surface area contributed by atoms with Crippen LogP contribution in [-0.4, -0.2) is 36.3 Å². The summed E-state index contributed by atoms with van der Waals surface area (Å²) in [6.07, 6.45) is -7.05. The minimum Gasteiger partial charge on any atom is -0.345 e. The highest BCUT2D eigenvalue weighted by atomic mass is 35.5. The third kappa shape index (κ3) is 7.46. The number of benzene rings is 2. The summed E-state index contributed by atoms with van der Waals surface area (Å²) in [6, 6.07) is 5.87. The molecule has 1 aliphatic carbocycles. The maximum absolute atomic E-state index is 13.7. The number of hydrogen-bond acceptors (Lipinski definition) is 2. The van der Waals surface area contributed by atoms with E-state index in [9.17, 15) is 35.9 Å². The molecular formula is C23H16Cl4F6N2O2. The van der Waals surface area contributed by atoms with Crippen LogP contribution >= 0.6 is 46.4 Å². The molecule has 2 amide bonds. The fraction of sp³-hybridized carbons (Fsp3) is 0.304. The predicted octanol–water partition coefficient (Wildman–Crippen LogP) is 7.60. The maximum atomic E-state index is 13.7. The summed E-state index contributed by atoms with van der Waals surface area (Å²) in [4.78, 5) is 24.7. The molecule has 1 saturated carbocycles. The minimum atomic E-state index is -4.70. The van der Waals surface area contributed by atoms with Crippen LogP contribution in [0.4, 0.5) is 26.3 Å². The summed E-state index contributed by atoms with van der Waals surface area (Å²) in [7, 11) is 0. The van der Waals surface area contributed by atoms with Gasteiger partial charge in [0.2, 0.25) is 5.91 Å². The first-order valence-corrected chi connectivity index (χ1v) is 11.9. The van der Waals surface area contributed by atoms with E-state index in [-0.39, 0.29) is 49.6 Å². The van der Waals surface area contributed by atoms with Crippen LogP contribution in [0.1, 0.15) is 40.2 Å². The van der Waals surface area contributed by atoms with Crippen molar-refractivity contribution in [1.82, 2.24) is 10.6 Å². The summed E-state index contributed by atoms with van der Waals surface area (Å²) < 4.78 is 78.3. The number of rotatable bonds is 7. The number of hydrogen-bond donors (Lipinski definition) is 2. The molecule has 14 heteroatoms. The van der Waals surface area contributed by atoms with Crippen molar-refractivity contribution in [2.24, 2.45) is 0 Å². The van der Waals surface area contributed by atoms with Gasteiger partial charge in [0.25, 0.3) is 5.91 Å². The van der Waals surface area contributed by atoms with Gasteiger partial charge >= 0.3 is 12.4 Å². The molecule has 0 radical (unpaired) electrons. The molecule has 0 aliphatic heterocycles. The van der Waals surface area contributed by atoms with Crippen LogP contribution in [0.3, 0.4) is 0 Å². The number of carbonyl (C=O) groups excluding carboxylic acids is 2. The van der Waals surface area contributed by atoms with Gasteiger partial charge in [-0.15, -0.1) is 0 Å². The molecule has 1 aliphatic rings. The van der Waals surface area contributed by atoms with Gasteiger partial charge < -0.3 is 10.6 Å². The van der Waals surface area contributed by atoms with Gasteiger partial charge in [0.05, 0.1) is 31.6 Å². The van der Waals surface area contributed by atoms with Gasteiger partial charge in [-0.3, -0.25) is 9.59 Å². The number of nitrogens with one attached hydrogen (secondary N) is 2. The van der Waals surface area contributed by atoms with Crippen LogP contribution in [0.5, 0.6) is 0 Å². The molecule has 37 heavy (non-hydrogen) atoms. The average molecular weight is 608 g/mol. The molecule has 0 spiro atoms. The molecular weight excluding hydrogens is 592 g/mol. The van der Waals surface area contributed by atoms with Gasteiger partial charge in [-0.2, -0.15) is 26.3 Å². The largest absolute Gasteiger partial charge is 0.405 e. The van der Waals surface area contributed by atoms with Crippen LogP contribution in [0, 0.1) is 0 Å². The standard InChI is InChI=1S/C23H16Cl4F6N2O2/c24-15-7-11(2-4-14(23(31,32)33)12-8-16(25)18(27)17(26)9-12)1-3-13(15)19(36)35-21(5-6-21)20(37)34-10-22(28,29)30/h1-4,7-9,14H,5-6,10H2,(H,34,37)(H,35,36). The lowest BCUT2D eigenvalue weighted by Crippen LogP contribution is -2.50. The Morgan fingerprint density at radius 2 is 1.54 bits per heavy atom. The van der Waals surface area contributed by atoms with Crippen molar-refractivity contribution in [3.8, 4) is 0 Å². The lowest BCUT2D eigenvalue weighted by Gasteiger charge is -2.19. The van der Waals surface area contributed by atoms with Crippen LogP contribution in [0.25, 0.3) is 6.08 Å². The van der Waals surface area contributed by atoms with Gasteiger partial charge in [-0.05, 0) is 48.2 Å². The first kappa shape index (κ1) is 29.4. The van der Waals surface area contributed by atoms with Crippen molar-refractivity contribution in [3.63, 3.8) is 0 Å². The Labute approximate surface area is 226 Å². The number of halogens is 10. The van der Waals surface area contributed by atoms with Crippen molar-refractivity contribution in [1.29, 1.82) is 0 Å². The van der Waals surface area contributed by atoms with Crippen molar-refractivity contribution < 1.29 is 35.9 Å². The molecule has 1 fully saturated rings. The van der Waals surface area contributed by atoms with Crippen LogP contribution in [0.2, 0.25) is 20.1 Å². The zero-order chi connectivity index (χ0) is 27.8. The molecule has 2 aromatic carbocycles. The van der Waals surface area contributed by atoms with Crippen molar-refractivity contribution >= 4 is 64.3 Å². The van der Waals surface area contributed by atoms with Crippen molar-refractivity contribution in [2.45, 2.75) is 36.7 Å². The molecule has 200 valence electrons. The highest BCUT2D eigenvalue weighted by molar-refractivity contribution is 6.48. The van der Waals surface area contributed by atoms with E-state index in [1.807, 2.05) is 0 Å². The monoisotopic (exact) mass is 606 g/mol. The Morgan fingerprint density at radius 3 is 2.03 bits per heavy atom. The van der Waals surface area contributed by atoms with Gasteiger partial charge in [0, 0.05) is 0 Å². The normalized spacial score (nSPS) is 15.9. The Hall–Kier alpha value is -2.14. The molecule has 3 rings (SSSR count). The summed E-state index contributed by atoms with van der Waals surface area (Å²) in [5, 5.41) is 3.59. The smallest absolute Gasteiger partial charge is 0.345 e. The summed E-state index contributed by atoms with van der Waals surface area (Å²) in [5.41, 5.74) is -1.63. The van der Waals surface area contributed by atoms with E-state index in [1.165, 1.54) is 18.2 Å². The van der Waals surface area contributed by atoms with Gasteiger partial charge in [-0.1, -0.05) is 64.6 Å². The van der Waals surface area contributed by atoms with E-state index in [4.69, 9.17) is 46.4 Å². The summed E-state index contributed by atoms with van der Waals surface area (Å²) in [5.74, 6) is -3.89. The quantitative estimate of drug-likeness (QED) is 0.252. The molecule has 0 aromatic heterocycles. The van der Waals surface area contributed by atoms with Crippen LogP contribution in [-0.2, 0) is 4.79 Å². The molecule has 0 saturated heterocycles. The van der Waals surface area contributed by atoms with Crippen molar-refractivity contribution in [3.05, 3.63) is 73.2 Å². The minimum absolute atomic E-state index is 0.0801. The Morgan fingerprint density at radius 1 is 0.946 bits per heavy atom. The van der Waals surface area contributed by atoms with E-state index in [0.717, 1.165) is 24.3 Å². The molecule has 4 nitrogen and oxygen atoms in total. The van der Waals surface area contributed by atoms with Crippen molar-refractivity contribution in [2.75, 3.05) is 6.54 Å². The Bertz CT molecular complexity index is 1220. The second-order valence-corrected chi connectivity index (χ2v) is 9.85. The van der Waals surface area contributed by atoms with Gasteiger partial charge in [-0.25, -0.2) is 0 Å². The lowest BCUT2D eigenvalue weighted by atomic mass is 9.97. The second-order valence-electron chi connectivity index (χ2n) is 8.25. The third-order valence-electron chi connectivity index (χ3n) is 5.42. The fourth-order valence-electron chi connectivity index (χ4n) is 3.36. The summed E-state index contributed by atoms with van der Waals surface area (Å²) in [6.45, 7) is -1.54. The maximum Gasteiger partial charge on any atom is 0.405 e. The zero-order valence-corrected chi connectivity index (χ0v) is 21.4. The number of amides is 2. The molecule has 2 aromatic rings. The summed E-state index contributed by atoms with van der Waals surface area (Å²) >= 11 is 23.7. The van der Waals surface area contributed by atoms with Crippen LogP contribution < -0.4 is 10.6 Å². The first-order valence-electron chi connectivity index (χ1n) is 10.4. The highest BCUT2D eigenvalue weighted by Gasteiger charge is 2.52. The SMILES string of the molecule is O=C(NC1(C(=O)NCC(F)(F)F)CC1)c1ccc(C=CC(c2cc(Cl)c(Cl)c(Cl)c2)C(F)(F)F)cc1Cl. The third-order valence-corrected chi connectivity index (χ3v) is 6.93. The molecule has 0 heterocycles. The van der Waals surface area contributed by atoms with Gasteiger partial charge in [0.1, 0.15) is 12.1 Å².